The summed E-state index contributed by atoms with van der Waals surface area (Å²) in [4.78, 5) is 40.1. The van der Waals surface area contributed by atoms with E-state index >= 15 is 0 Å². The van der Waals surface area contributed by atoms with Gasteiger partial charge in [0.25, 0.3) is 11.1 Å². The van der Waals surface area contributed by atoms with E-state index in [0.29, 0.717) is 28.8 Å². The van der Waals surface area contributed by atoms with Crippen molar-refractivity contribution in [2.75, 3.05) is 36.4 Å². The van der Waals surface area contributed by atoms with Crippen LogP contribution in [0.2, 0.25) is 0 Å². The van der Waals surface area contributed by atoms with Crippen molar-refractivity contribution in [3.63, 3.8) is 0 Å². The van der Waals surface area contributed by atoms with Crippen LogP contribution in [0.25, 0.3) is 27.8 Å². The third kappa shape index (κ3) is 5.11. The van der Waals surface area contributed by atoms with Crippen LogP contribution in [0.15, 0.2) is 65.0 Å². The largest absolute Gasteiger partial charge is 0.368 e. The van der Waals surface area contributed by atoms with Gasteiger partial charge in [-0.2, -0.15) is 4.98 Å². The summed E-state index contributed by atoms with van der Waals surface area (Å²) >= 11 is 0. The quantitative estimate of drug-likeness (QED) is 0.276. The maximum absolute atomic E-state index is 13.4. The number of allylic oxidation sites excluding steroid dienone is 1. The fourth-order valence-electron chi connectivity index (χ4n) is 5.80. The molecular formula is C31H38N10O2. The lowest BCUT2D eigenvalue weighted by atomic mass is 10.1. The SMILES string of the molecule is C=CCn1c(=O)c2cnc(Nc3cc(N4CCN(C(C)C)CC4)c4ccn(C)c4c3)nc2n1-c1ccc(=O)n(C(C)C)n1. The Morgan fingerprint density at radius 3 is 2.47 bits per heavy atom. The number of fused-ring (bicyclic) bond motifs is 2. The average molecular weight is 583 g/mol. The highest BCUT2D eigenvalue weighted by molar-refractivity contribution is 5.96. The van der Waals surface area contributed by atoms with Gasteiger partial charge in [-0.1, -0.05) is 6.08 Å². The van der Waals surface area contributed by atoms with E-state index in [0.717, 1.165) is 37.4 Å². The lowest BCUT2D eigenvalue weighted by molar-refractivity contribution is 0.209. The van der Waals surface area contributed by atoms with E-state index in [2.05, 4.69) is 74.6 Å². The number of nitrogens with one attached hydrogen (secondary N) is 1. The van der Waals surface area contributed by atoms with Gasteiger partial charge in [-0.05, 0) is 52.0 Å². The summed E-state index contributed by atoms with van der Waals surface area (Å²) in [7, 11) is 2.04. The molecule has 0 spiro atoms. The number of benzene rings is 1. The molecule has 5 aromatic rings. The first-order valence-electron chi connectivity index (χ1n) is 14.7. The van der Waals surface area contributed by atoms with E-state index in [1.165, 1.54) is 32.7 Å². The van der Waals surface area contributed by atoms with Crippen molar-refractivity contribution < 1.29 is 0 Å². The number of piperazine rings is 1. The molecule has 1 aromatic carbocycles. The average Bonchev–Trinajstić information content (AvgIpc) is 3.49. The van der Waals surface area contributed by atoms with Gasteiger partial charge >= 0.3 is 0 Å². The predicted molar refractivity (Wildman–Crippen MR) is 171 cm³/mol. The van der Waals surface area contributed by atoms with Gasteiger partial charge in [0.05, 0.1) is 18.1 Å². The van der Waals surface area contributed by atoms with Gasteiger partial charge in [0.2, 0.25) is 5.95 Å². The third-order valence-electron chi connectivity index (χ3n) is 8.12. The van der Waals surface area contributed by atoms with Crippen LogP contribution < -0.4 is 21.3 Å². The highest BCUT2D eigenvalue weighted by Crippen LogP contribution is 2.33. The second-order valence-corrected chi connectivity index (χ2v) is 11.6. The molecule has 5 heterocycles. The minimum atomic E-state index is -0.265. The molecule has 43 heavy (non-hydrogen) atoms. The second-order valence-electron chi connectivity index (χ2n) is 11.6. The Morgan fingerprint density at radius 1 is 1.00 bits per heavy atom. The molecule has 1 aliphatic heterocycles. The van der Waals surface area contributed by atoms with Crippen LogP contribution in [0.5, 0.6) is 0 Å². The fourth-order valence-corrected chi connectivity index (χ4v) is 5.80. The maximum atomic E-state index is 13.4. The summed E-state index contributed by atoms with van der Waals surface area (Å²) in [5.41, 5.74) is 3.01. The van der Waals surface area contributed by atoms with E-state index < -0.39 is 0 Å². The first kappa shape index (κ1) is 28.4. The number of aromatic nitrogens is 7. The van der Waals surface area contributed by atoms with E-state index in [-0.39, 0.29) is 23.7 Å². The van der Waals surface area contributed by atoms with Crippen LogP contribution in [-0.2, 0) is 13.6 Å². The summed E-state index contributed by atoms with van der Waals surface area (Å²) in [6.07, 6.45) is 5.25. The van der Waals surface area contributed by atoms with Crippen LogP contribution in [-0.4, -0.2) is 70.8 Å². The Labute approximate surface area is 249 Å². The van der Waals surface area contributed by atoms with Gasteiger partial charge in [0.1, 0.15) is 5.39 Å². The first-order valence-corrected chi connectivity index (χ1v) is 14.7. The number of hydrogen-bond acceptors (Lipinski definition) is 8. The van der Waals surface area contributed by atoms with Crippen LogP contribution in [0.3, 0.4) is 0 Å². The summed E-state index contributed by atoms with van der Waals surface area (Å²) in [5, 5.41) is 9.50. The van der Waals surface area contributed by atoms with E-state index in [9.17, 15) is 9.59 Å². The molecule has 0 bridgehead atoms. The molecule has 1 saturated heterocycles. The molecule has 1 N–H and O–H groups in total. The topological polar surface area (TPSA) is 111 Å². The molecule has 224 valence electrons. The van der Waals surface area contributed by atoms with Crippen molar-refractivity contribution in [1.29, 1.82) is 0 Å². The van der Waals surface area contributed by atoms with Crippen molar-refractivity contribution in [3.05, 3.63) is 76.1 Å². The highest BCUT2D eigenvalue weighted by Gasteiger charge is 2.23. The number of nitrogens with zero attached hydrogens (tertiary/aromatic N) is 9. The van der Waals surface area contributed by atoms with Crippen LogP contribution in [0.1, 0.15) is 33.7 Å². The third-order valence-corrected chi connectivity index (χ3v) is 8.12. The van der Waals surface area contributed by atoms with Crippen LogP contribution in [0.4, 0.5) is 17.3 Å². The second kappa shape index (κ2) is 11.2. The molecule has 0 unspecified atom stereocenters. The molecule has 0 aliphatic carbocycles. The van der Waals surface area contributed by atoms with Crippen LogP contribution in [0, 0.1) is 0 Å². The molecule has 1 fully saturated rings. The van der Waals surface area contributed by atoms with Gasteiger partial charge in [-0.25, -0.2) is 19.0 Å². The standard InChI is InChI=1S/C31H38N10O2/c1-7-11-39-30(43)24-19-32-31(34-29(24)41(39)27-8-9-28(42)40(35-27)21(4)5)33-22-17-25-23(10-12-36(25)6)26(18-22)38-15-13-37(14-16-38)20(2)3/h7-10,12,17-21H,1,11,13-16H2,2-6H3,(H,32,33,34). The van der Waals surface area contributed by atoms with Crippen molar-refractivity contribution in [1.82, 2.24) is 38.6 Å². The van der Waals surface area contributed by atoms with Gasteiger partial charge in [-0.15, -0.1) is 11.7 Å². The molecule has 0 radical (unpaired) electrons. The molecule has 12 nitrogen and oxygen atoms in total. The summed E-state index contributed by atoms with van der Waals surface area (Å²) in [5.74, 6) is 0.748. The minimum Gasteiger partial charge on any atom is -0.368 e. The smallest absolute Gasteiger partial charge is 0.278 e. The molecule has 1 aliphatic rings. The van der Waals surface area contributed by atoms with Gasteiger partial charge < -0.3 is 14.8 Å². The normalized spacial score (nSPS) is 14.4. The molecule has 6 rings (SSSR count). The molecule has 0 atom stereocenters. The van der Waals surface area contributed by atoms with Gasteiger partial charge in [-0.3, -0.25) is 14.5 Å². The number of aryl methyl sites for hydroxylation is 1. The Hall–Kier alpha value is -4.71. The molecular weight excluding hydrogens is 544 g/mol. The monoisotopic (exact) mass is 582 g/mol. The first-order chi connectivity index (χ1) is 20.7. The molecule has 4 aromatic heterocycles. The van der Waals surface area contributed by atoms with E-state index in [1.807, 2.05) is 20.9 Å². The molecule has 12 heteroatoms. The summed E-state index contributed by atoms with van der Waals surface area (Å²) in [6.45, 7) is 16.2. The highest BCUT2D eigenvalue weighted by atomic mass is 16.1. The number of anilines is 3. The zero-order chi connectivity index (χ0) is 30.4. The minimum absolute atomic E-state index is 0.157. The van der Waals surface area contributed by atoms with Gasteiger partial charge in [0.15, 0.2) is 11.5 Å². The fraction of sp³-hybridized carbons (Fsp3) is 0.387. The predicted octanol–water partition coefficient (Wildman–Crippen LogP) is 3.67. The lowest BCUT2D eigenvalue weighted by Gasteiger charge is -2.38. The summed E-state index contributed by atoms with van der Waals surface area (Å²) in [6, 6.07) is 9.83. The Balaban J connectivity index is 1.43. The van der Waals surface area contributed by atoms with E-state index in [1.54, 1.807) is 16.8 Å². The maximum Gasteiger partial charge on any atom is 0.278 e. The van der Waals surface area contributed by atoms with Gasteiger partial charge in [0, 0.05) is 74.5 Å². The Kier molecular flexibility index (Phi) is 7.38. The number of rotatable bonds is 8. The van der Waals surface area contributed by atoms with Crippen molar-refractivity contribution in [3.8, 4) is 5.82 Å². The lowest BCUT2D eigenvalue weighted by Crippen LogP contribution is -2.48. The van der Waals surface area contributed by atoms with E-state index in [4.69, 9.17) is 4.98 Å². The van der Waals surface area contributed by atoms with Crippen LogP contribution >= 0.6 is 0 Å². The molecule has 0 saturated carbocycles. The Morgan fingerprint density at radius 2 is 1.77 bits per heavy atom. The van der Waals surface area contributed by atoms with Crippen molar-refractivity contribution in [2.24, 2.45) is 7.05 Å². The zero-order valence-corrected chi connectivity index (χ0v) is 25.4. The summed E-state index contributed by atoms with van der Waals surface area (Å²) < 4.78 is 6.63. The zero-order valence-electron chi connectivity index (χ0n) is 25.4. The van der Waals surface area contributed by atoms with Crippen molar-refractivity contribution >= 4 is 39.3 Å². The Bertz CT molecular complexity index is 1940. The number of hydrogen-bond donors (Lipinski definition) is 1. The molecule has 0 amide bonds. The van der Waals surface area contributed by atoms with Crippen molar-refractivity contribution in [2.45, 2.75) is 46.3 Å².